The highest BCUT2D eigenvalue weighted by Gasteiger charge is 2.26. The maximum Gasteiger partial charge on any atom is 0.353 e. The van der Waals surface area contributed by atoms with Gasteiger partial charge in [-0.05, 0) is 24.3 Å². The molecule has 0 saturated carbocycles. The maximum absolute atomic E-state index is 14.5. The van der Waals surface area contributed by atoms with Gasteiger partial charge in [-0.25, -0.2) is 18.0 Å². The Morgan fingerprint density at radius 3 is 2.11 bits per heavy atom. The van der Waals surface area contributed by atoms with E-state index in [1.807, 2.05) is 0 Å². The topological polar surface area (TPSA) is 42.2 Å². The molecule has 0 aliphatic carbocycles. The molecule has 0 atom stereocenters. The number of carbonyl (C=O) groups is 1. The first-order chi connectivity index (χ1) is 13.5. The Labute approximate surface area is 158 Å². The van der Waals surface area contributed by atoms with Gasteiger partial charge < -0.3 is 9.67 Å². The predicted octanol–water partition coefficient (Wildman–Crippen LogP) is 5.47. The van der Waals surface area contributed by atoms with Crippen LogP contribution in [0.2, 0.25) is 0 Å². The van der Waals surface area contributed by atoms with E-state index in [0.717, 1.165) is 12.1 Å². The average Bonchev–Trinajstić information content (AvgIpc) is 3.00. The molecule has 28 heavy (non-hydrogen) atoms. The summed E-state index contributed by atoms with van der Waals surface area (Å²) in [6.45, 7) is -0.338. The number of para-hydroxylation sites is 1. The fraction of sp³-hybridized carbons (Fsp3) is 0.0455. The van der Waals surface area contributed by atoms with Crippen molar-refractivity contribution in [1.82, 2.24) is 4.57 Å². The molecule has 4 aromatic rings. The van der Waals surface area contributed by atoms with Crippen LogP contribution in [0.15, 0.2) is 66.7 Å². The van der Waals surface area contributed by atoms with E-state index in [1.54, 1.807) is 30.3 Å². The number of halogens is 3. The van der Waals surface area contributed by atoms with Crippen molar-refractivity contribution in [2.75, 3.05) is 0 Å². The number of fused-ring (bicyclic) bond motifs is 1. The lowest BCUT2D eigenvalue weighted by atomic mass is 10.0. The molecule has 1 N–H and O–H groups in total. The van der Waals surface area contributed by atoms with Crippen LogP contribution in [0.4, 0.5) is 13.2 Å². The zero-order chi connectivity index (χ0) is 19.8. The van der Waals surface area contributed by atoms with Gasteiger partial charge in [0.05, 0.1) is 6.54 Å². The molecular formula is C22H14F3NO2. The van der Waals surface area contributed by atoms with Gasteiger partial charge in [-0.3, -0.25) is 0 Å². The van der Waals surface area contributed by atoms with E-state index >= 15 is 0 Å². The zero-order valence-electron chi connectivity index (χ0n) is 14.5. The molecule has 0 aliphatic heterocycles. The highest BCUT2D eigenvalue weighted by Crippen LogP contribution is 2.37. The highest BCUT2D eigenvalue weighted by atomic mass is 19.1. The second-order valence-electron chi connectivity index (χ2n) is 6.31. The van der Waals surface area contributed by atoms with Gasteiger partial charge in [0.25, 0.3) is 0 Å². The Bertz CT molecular complexity index is 1190. The van der Waals surface area contributed by atoms with Crippen molar-refractivity contribution in [3.05, 3.63) is 95.4 Å². The molecule has 1 aromatic heterocycles. The Kier molecular flexibility index (Phi) is 4.39. The number of carboxylic acid groups (broad SMARTS) is 1. The lowest BCUT2D eigenvalue weighted by Crippen LogP contribution is -2.12. The van der Waals surface area contributed by atoms with E-state index in [4.69, 9.17) is 0 Å². The number of rotatable bonds is 4. The number of benzene rings is 3. The molecule has 0 bridgehead atoms. The third-order valence-electron chi connectivity index (χ3n) is 4.69. The van der Waals surface area contributed by atoms with E-state index in [9.17, 15) is 23.1 Å². The number of hydrogen-bond acceptors (Lipinski definition) is 1. The summed E-state index contributed by atoms with van der Waals surface area (Å²) in [7, 11) is 0. The first-order valence-electron chi connectivity index (χ1n) is 8.51. The molecule has 0 fully saturated rings. The van der Waals surface area contributed by atoms with Crippen molar-refractivity contribution in [3.63, 3.8) is 0 Å². The van der Waals surface area contributed by atoms with Gasteiger partial charge in [0.15, 0.2) is 0 Å². The van der Waals surface area contributed by atoms with E-state index < -0.39 is 23.4 Å². The smallest absolute Gasteiger partial charge is 0.353 e. The summed E-state index contributed by atoms with van der Waals surface area (Å²) >= 11 is 0. The molecular weight excluding hydrogens is 367 g/mol. The van der Waals surface area contributed by atoms with Crippen LogP contribution >= 0.6 is 0 Å². The summed E-state index contributed by atoms with van der Waals surface area (Å²) in [5.41, 5.74) is 0.252. The molecule has 3 aromatic carbocycles. The molecule has 4 rings (SSSR count). The van der Waals surface area contributed by atoms with Gasteiger partial charge in [0, 0.05) is 27.6 Å². The molecule has 0 amide bonds. The van der Waals surface area contributed by atoms with Gasteiger partial charge in [-0.15, -0.1) is 0 Å². The molecule has 0 saturated heterocycles. The number of hydrogen-bond donors (Lipinski definition) is 1. The second-order valence-corrected chi connectivity index (χ2v) is 6.31. The van der Waals surface area contributed by atoms with Crippen LogP contribution in [0.1, 0.15) is 16.1 Å². The summed E-state index contributed by atoms with van der Waals surface area (Å²) in [5, 5.41) is 10.4. The first-order valence-corrected chi connectivity index (χ1v) is 8.51. The van der Waals surface area contributed by atoms with Gasteiger partial charge >= 0.3 is 5.97 Å². The third-order valence-corrected chi connectivity index (χ3v) is 4.69. The van der Waals surface area contributed by atoms with E-state index in [-0.39, 0.29) is 28.9 Å². The molecule has 6 heteroatoms. The van der Waals surface area contributed by atoms with Crippen LogP contribution in [0.25, 0.3) is 22.0 Å². The molecule has 0 unspecified atom stereocenters. The number of nitrogens with zero attached hydrogens (tertiary/aromatic N) is 1. The Balaban J connectivity index is 2.06. The van der Waals surface area contributed by atoms with Crippen LogP contribution in [0, 0.1) is 17.5 Å². The summed E-state index contributed by atoms with van der Waals surface area (Å²) in [6.07, 6.45) is 0. The van der Waals surface area contributed by atoms with Gasteiger partial charge in [0.1, 0.15) is 23.1 Å². The Morgan fingerprint density at radius 2 is 1.43 bits per heavy atom. The quantitative estimate of drug-likeness (QED) is 0.509. The molecule has 0 aliphatic rings. The SMILES string of the molecule is O=C(O)c1c(-c2ccccc2F)c2ccccc2n1Cc1c(F)cccc1F. The lowest BCUT2D eigenvalue weighted by Gasteiger charge is -2.11. The minimum atomic E-state index is -1.31. The molecule has 3 nitrogen and oxygen atoms in total. The van der Waals surface area contributed by atoms with Crippen molar-refractivity contribution in [2.24, 2.45) is 0 Å². The van der Waals surface area contributed by atoms with E-state index in [2.05, 4.69) is 0 Å². The molecule has 140 valence electrons. The van der Waals surface area contributed by atoms with Crippen LogP contribution in [0.3, 0.4) is 0 Å². The van der Waals surface area contributed by atoms with Crippen molar-refractivity contribution in [1.29, 1.82) is 0 Å². The monoisotopic (exact) mass is 381 g/mol. The van der Waals surface area contributed by atoms with Gasteiger partial charge in [-0.1, -0.05) is 42.5 Å². The molecule has 1 heterocycles. The summed E-state index contributed by atoms with van der Waals surface area (Å²) in [4.78, 5) is 12.1. The van der Waals surface area contributed by atoms with Crippen LogP contribution in [-0.2, 0) is 6.54 Å². The zero-order valence-corrected chi connectivity index (χ0v) is 14.5. The number of aromatic carboxylic acids is 1. The van der Waals surface area contributed by atoms with Gasteiger partial charge in [0.2, 0.25) is 0 Å². The van der Waals surface area contributed by atoms with Crippen molar-refractivity contribution < 1.29 is 23.1 Å². The van der Waals surface area contributed by atoms with Crippen LogP contribution in [0.5, 0.6) is 0 Å². The van der Waals surface area contributed by atoms with Crippen LogP contribution < -0.4 is 0 Å². The second kappa shape index (κ2) is 6.88. The predicted molar refractivity (Wildman–Crippen MR) is 99.8 cm³/mol. The minimum Gasteiger partial charge on any atom is -0.477 e. The Hall–Kier alpha value is -3.54. The Morgan fingerprint density at radius 1 is 0.821 bits per heavy atom. The fourth-order valence-electron chi connectivity index (χ4n) is 3.47. The maximum atomic E-state index is 14.5. The summed E-state index contributed by atoms with van der Waals surface area (Å²) in [6, 6.07) is 16.0. The largest absolute Gasteiger partial charge is 0.477 e. The van der Waals surface area contributed by atoms with Gasteiger partial charge in [-0.2, -0.15) is 0 Å². The van der Waals surface area contributed by atoms with Crippen LogP contribution in [-0.4, -0.2) is 15.6 Å². The normalized spacial score (nSPS) is 11.1. The highest BCUT2D eigenvalue weighted by molar-refractivity contribution is 6.08. The summed E-state index contributed by atoms with van der Waals surface area (Å²) < 4.78 is 44.2. The molecule has 0 radical (unpaired) electrons. The third kappa shape index (κ3) is 2.83. The van der Waals surface area contributed by atoms with Crippen molar-refractivity contribution in [3.8, 4) is 11.1 Å². The molecule has 0 spiro atoms. The standard InChI is InChI=1S/C22H14F3NO2/c23-16-8-3-1-6-13(16)20-14-7-2-4-11-19(14)26(21(20)22(27)28)12-15-17(24)9-5-10-18(15)25/h1-11H,12H2,(H,27,28). The minimum absolute atomic E-state index is 0.115. The van der Waals surface area contributed by atoms with Crippen molar-refractivity contribution >= 4 is 16.9 Å². The van der Waals surface area contributed by atoms with E-state index in [1.165, 1.54) is 28.8 Å². The number of aromatic nitrogens is 1. The summed E-state index contributed by atoms with van der Waals surface area (Å²) in [5.74, 6) is -3.45. The first kappa shape index (κ1) is 17.9. The number of carboxylic acids is 1. The van der Waals surface area contributed by atoms with E-state index in [0.29, 0.717) is 10.9 Å². The fourth-order valence-corrected chi connectivity index (χ4v) is 3.47. The lowest BCUT2D eigenvalue weighted by molar-refractivity contribution is 0.0687. The van der Waals surface area contributed by atoms with Crippen molar-refractivity contribution in [2.45, 2.75) is 6.54 Å². The average molecular weight is 381 g/mol.